The number of rotatable bonds is 4. The van der Waals surface area contributed by atoms with Gasteiger partial charge in [0.25, 0.3) is 5.91 Å². The molecule has 1 aromatic rings. The van der Waals surface area contributed by atoms with Crippen LogP contribution in [-0.2, 0) is 0 Å². The Morgan fingerprint density at radius 3 is 2.95 bits per heavy atom. The Kier molecular flexibility index (Phi) is 6.27. The molecule has 6 nitrogen and oxygen atoms in total. The summed E-state index contributed by atoms with van der Waals surface area (Å²) in [6.45, 7) is 2.21. The van der Waals surface area contributed by atoms with E-state index < -0.39 is 0 Å². The van der Waals surface area contributed by atoms with Gasteiger partial charge in [-0.15, -0.1) is 12.4 Å². The molecular formula is C13H19ClN4O2. The summed E-state index contributed by atoms with van der Waals surface area (Å²) in [6, 6.07) is 6.92. The molecule has 20 heavy (non-hydrogen) atoms. The first-order valence-corrected chi connectivity index (χ1v) is 6.36. The SMILES string of the molecule is Cl.NCCNC(=O)c1cccc(N2CCCNC2=O)c1. The summed E-state index contributed by atoms with van der Waals surface area (Å²) in [4.78, 5) is 25.2. The minimum absolute atomic E-state index is 0. The maximum atomic E-state index is 11.8. The molecule has 0 aliphatic carbocycles. The van der Waals surface area contributed by atoms with Crippen molar-refractivity contribution in [3.8, 4) is 0 Å². The molecule has 3 amide bonds. The number of hydrogen-bond acceptors (Lipinski definition) is 3. The quantitative estimate of drug-likeness (QED) is 0.765. The zero-order valence-corrected chi connectivity index (χ0v) is 11.9. The lowest BCUT2D eigenvalue weighted by Crippen LogP contribution is -2.46. The fourth-order valence-electron chi connectivity index (χ4n) is 1.98. The molecule has 110 valence electrons. The van der Waals surface area contributed by atoms with E-state index in [4.69, 9.17) is 5.73 Å². The molecule has 1 heterocycles. The average Bonchev–Trinajstić information content (AvgIpc) is 2.45. The summed E-state index contributed by atoms with van der Waals surface area (Å²) in [7, 11) is 0. The summed E-state index contributed by atoms with van der Waals surface area (Å²) in [5, 5.41) is 5.49. The minimum Gasteiger partial charge on any atom is -0.351 e. The number of anilines is 1. The number of carbonyl (C=O) groups is 2. The van der Waals surface area contributed by atoms with Crippen molar-refractivity contribution in [2.75, 3.05) is 31.1 Å². The van der Waals surface area contributed by atoms with Crippen molar-refractivity contribution in [1.82, 2.24) is 10.6 Å². The Bertz CT molecular complexity index is 481. The van der Waals surface area contributed by atoms with E-state index in [1.165, 1.54) is 0 Å². The topological polar surface area (TPSA) is 87.5 Å². The van der Waals surface area contributed by atoms with E-state index in [1.54, 1.807) is 23.1 Å². The van der Waals surface area contributed by atoms with E-state index in [0.717, 1.165) is 12.1 Å². The Morgan fingerprint density at radius 2 is 2.25 bits per heavy atom. The van der Waals surface area contributed by atoms with Crippen molar-refractivity contribution < 1.29 is 9.59 Å². The molecule has 0 bridgehead atoms. The van der Waals surface area contributed by atoms with Gasteiger partial charge in [0, 0.05) is 37.4 Å². The third-order valence-corrected chi connectivity index (χ3v) is 2.93. The first-order chi connectivity index (χ1) is 9.22. The van der Waals surface area contributed by atoms with E-state index in [1.807, 2.05) is 6.07 Å². The van der Waals surface area contributed by atoms with Crippen LogP contribution in [0, 0.1) is 0 Å². The van der Waals surface area contributed by atoms with Crippen molar-refractivity contribution >= 4 is 30.0 Å². The predicted octanol–water partition coefficient (Wildman–Crippen LogP) is 0.717. The fourth-order valence-corrected chi connectivity index (χ4v) is 1.98. The van der Waals surface area contributed by atoms with Crippen LogP contribution in [0.5, 0.6) is 0 Å². The van der Waals surface area contributed by atoms with Gasteiger partial charge < -0.3 is 16.4 Å². The summed E-state index contributed by atoms with van der Waals surface area (Å²) in [5.41, 5.74) is 6.61. The van der Waals surface area contributed by atoms with Crippen molar-refractivity contribution in [3.63, 3.8) is 0 Å². The van der Waals surface area contributed by atoms with Gasteiger partial charge in [0.15, 0.2) is 0 Å². The average molecular weight is 299 g/mol. The van der Waals surface area contributed by atoms with Crippen LogP contribution in [0.25, 0.3) is 0 Å². The molecule has 1 aliphatic heterocycles. The van der Waals surface area contributed by atoms with E-state index in [-0.39, 0.29) is 24.3 Å². The molecule has 0 spiro atoms. The van der Waals surface area contributed by atoms with Gasteiger partial charge in [-0.25, -0.2) is 4.79 Å². The summed E-state index contributed by atoms with van der Waals surface area (Å²) >= 11 is 0. The molecule has 0 radical (unpaired) electrons. The second-order valence-electron chi connectivity index (χ2n) is 4.33. The van der Waals surface area contributed by atoms with Crippen molar-refractivity contribution in [2.24, 2.45) is 5.73 Å². The summed E-state index contributed by atoms with van der Waals surface area (Å²) < 4.78 is 0. The largest absolute Gasteiger partial charge is 0.351 e. The summed E-state index contributed by atoms with van der Waals surface area (Å²) in [5.74, 6) is -0.176. The number of nitrogens with zero attached hydrogens (tertiary/aromatic N) is 1. The van der Waals surface area contributed by atoms with Crippen molar-refractivity contribution in [1.29, 1.82) is 0 Å². The van der Waals surface area contributed by atoms with Crippen LogP contribution >= 0.6 is 12.4 Å². The van der Waals surface area contributed by atoms with Gasteiger partial charge >= 0.3 is 6.03 Å². The minimum atomic E-state index is -0.176. The second kappa shape index (κ2) is 7.72. The maximum absolute atomic E-state index is 11.8. The molecule has 0 aromatic heterocycles. The summed E-state index contributed by atoms with van der Waals surface area (Å²) in [6.07, 6.45) is 0.898. The third-order valence-electron chi connectivity index (χ3n) is 2.93. The van der Waals surface area contributed by atoms with Gasteiger partial charge in [-0.3, -0.25) is 9.69 Å². The Morgan fingerprint density at radius 1 is 1.45 bits per heavy atom. The highest BCUT2D eigenvalue weighted by Gasteiger charge is 2.19. The van der Waals surface area contributed by atoms with Gasteiger partial charge in [0.2, 0.25) is 0 Å². The first-order valence-electron chi connectivity index (χ1n) is 6.36. The molecule has 0 unspecified atom stereocenters. The van der Waals surface area contributed by atoms with Crippen LogP contribution in [0.4, 0.5) is 10.5 Å². The van der Waals surface area contributed by atoms with Crippen LogP contribution in [0.2, 0.25) is 0 Å². The molecule has 1 fully saturated rings. The highest BCUT2D eigenvalue weighted by atomic mass is 35.5. The lowest BCUT2D eigenvalue weighted by molar-refractivity contribution is 0.0954. The molecule has 1 saturated heterocycles. The zero-order valence-electron chi connectivity index (χ0n) is 11.1. The predicted molar refractivity (Wildman–Crippen MR) is 80.4 cm³/mol. The van der Waals surface area contributed by atoms with Crippen LogP contribution in [0.3, 0.4) is 0 Å². The number of hydrogen-bond donors (Lipinski definition) is 3. The van der Waals surface area contributed by atoms with Crippen molar-refractivity contribution in [2.45, 2.75) is 6.42 Å². The number of benzene rings is 1. The van der Waals surface area contributed by atoms with E-state index in [9.17, 15) is 9.59 Å². The van der Waals surface area contributed by atoms with Crippen LogP contribution in [0.1, 0.15) is 16.8 Å². The number of carbonyl (C=O) groups excluding carboxylic acids is 2. The number of halogens is 1. The smallest absolute Gasteiger partial charge is 0.321 e. The van der Waals surface area contributed by atoms with Crippen LogP contribution in [0.15, 0.2) is 24.3 Å². The Balaban J connectivity index is 0.00000200. The molecular weight excluding hydrogens is 280 g/mol. The number of amides is 3. The molecule has 1 aliphatic rings. The zero-order chi connectivity index (χ0) is 13.7. The second-order valence-corrected chi connectivity index (χ2v) is 4.33. The molecule has 4 N–H and O–H groups in total. The molecule has 2 rings (SSSR count). The van der Waals surface area contributed by atoms with Gasteiger partial charge in [-0.1, -0.05) is 6.07 Å². The van der Waals surface area contributed by atoms with E-state index in [0.29, 0.717) is 31.7 Å². The molecule has 0 atom stereocenters. The van der Waals surface area contributed by atoms with Gasteiger partial charge in [0.1, 0.15) is 0 Å². The van der Waals surface area contributed by atoms with Crippen LogP contribution in [-0.4, -0.2) is 38.1 Å². The van der Waals surface area contributed by atoms with E-state index >= 15 is 0 Å². The lowest BCUT2D eigenvalue weighted by atomic mass is 10.1. The normalized spacial score (nSPS) is 14.2. The highest BCUT2D eigenvalue weighted by molar-refractivity contribution is 5.97. The van der Waals surface area contributed by atoms with Gasteiger partial charge in [0.05, 0.1) is 0 Å². The lowest BCUT2D eigenvalue weighted by Gasteiger charge is -2.27. The van der Waals surface area contributed by atoms with Crippen molar-refractivity contribution in [3.05, 3.63) is 29.8 Å². The maximum Gasteiger partial charge on any atom is 0.321 e. The first kappa shape index (κ1) is 16.3. The Labute approximate surface area is 124 Å². The van der Waals surface area contributed by atoms with Gasteiger partial charge in [-0.05, 0) is 24.6 Å². The third kappa shape index (κ3) is 3.85. The monoisotopic (exact) mass is 298 g/mol. The standard InChI is InChI=1S/C13H18N4O2.ClH/c14-5-7-15-12(18)10-3-1-4-11(9-10)17-8-2-6-16-13(17)19;/h1,3-4,9H,2,5-8,14H2,(H,15,18)(H,16,19);1H. The fraction of sp³-hybridized carbons (Fsp3) is 0.385. The number of nitrogens with one attached hydrogen (secondary N) is 2. The number of nitrogens with two attached hydrogens (primary N) is 1. The highest BCUT2D eigenvalue weighted by Crippen LogP contribution is 2.18. The Hall–Kier alpha value is -1.79. The number of urea groups is 1. The van der Waals surface area contributed by atoms with Gasteiger partial charge in [-0.2, -0.15) is 0 Å². The van der Waals surface area contributed by atoms with Crippen LogP contribution < -0.4 is 21.3 Å². The van der Waals surface area contributed by atoms with E-state index in [2.05, 4.69) is 10.6 Å². The molecule has 1 aromatic carbocycles. The molecule has 0 saturated carbocycles. The molecule has 7 heteroatoms.